The first-order valence-corrected chi connectivity index (χ1v) is 7.38. The van der Waals surface area contributed by atoms with Crippen LogP contribution in [0.5, 0.6) is 0 Å². The molecule has 0 atom stereocenters. The molecule has 0 spiro atoms. The average molecular weight is 275 g/mol. The van der Waals surface area contributed by atoms with Crippen LogP contribution in [0.25, 0.3) is 0 Å². The summed E-state index contributed by atoms with van der Waals surface area (Å²) >= 11 is 1.84. The summed E-state index contributed by atoms with van der Waals surface area (Å²) < 4.78 is 13.1. The fraction of sp³-hybridized carbons (Fsp3) is 0.250. The van der Waals surface area contributed by atoms with E-state index in [1.54, 1.807) is 6.92 Å². The summed E-state index contributed by atoms with van der Waals surface area (Å²) in [6.45, 7) is 3.52. The lowest BCUT2D eigenvalue weighted by atomic mass is 10.1. The number of nitrogens with one attached hydrogen (secondary N) is 1. The molecule has 0 amide bonds. The molecule has 1 nitrogen and oxygen atoms in total. The molecule has 0 fully saturated rings. The number of benzene rings is 2. The minimum Gasteiger partial charge on any atom is -0.312 e. The fourth-order valence-electron chi connectivity index (χ4n) is 1.81. The molecule has 3 heteroatoms. The molecule has 0 saturated carbocycles. The van der Waals surface area contributed by atoms with Crippen molar-refractivity contribution in [3.05, 3.63) is 65.5 Å². The molecule has 2 aromatic rings. The summed E-state index contributed by atoms with van der Waals surface area (Å²) in [7, 11) is 0. The van der Waals surface area contributed by atoms with Gasteiger partial charge < -0.3 is 5.32 Å². The van der Waals surface area contributed by atoms with Crippen LogP contribution in [0.1, 0.15) is 11.1 Å². The van der Waals surface area contributed by atoms with E-state index in [4.69, 9.17) is 0 Å². The summed E-state index contributed by atoms with van der Waals surface area (Å²) in [6, 6.07) is 15.6. The number of hydrogen-bond acceptors (Lipinski definition) is 2. The van der Waals surface area contributed by atoms with Crippen LogP contribution < -0.4 is 5.32 Å². The zero-order valence-corrected chi connectivity index (χ0v) is 11.8. The lowest BCUT2D eigenvalue weighted by Crippen LogP contribution is -2.16. The standard InChI is InChI=1S/C16H18FNS/c1-13-11-14(7-8-16(13)17)12-18-9-10-19-15-5-3-2-4-6-15/h2-8,11,18H,9-10,12H2,1H3. The second-order valence-electron chi connectivity index (χ2n) is 4.42. The predicted molar refractivity (Wildman–Crippen MR) is 80.0 cm³/mol. The Morgan fingerprint density at radius 3 is 2.63 bits per heavy atom. The van der Waals surface area contributed by atoms with Crippen LogP contribution in [-0.4, -0.2) is 12.3 Å². The molecule has 0 aliphatic rings. The minimum absolute atomic E-state index is 0.136. The summed E-state index contributed by atoms with van der Waals surface area (Å²) in [5.74, 6) is 0.896. The molecule has 2 rings (SSSR count). The van der Waals surface area contributed by atoms with Gasteiger partial charge in [0.05, 0.1) is 0 Å². The van der Waals surface area contributed by atoms with Gasteiger partial charge in [-0.3, -0.25) is 0 Å². The van der Waals surface area contributed by atoms with Crippen molar-refractivity contribution in [2.24, 2.45) is 0 Å². The second-order valence-corrected chi connectivity index (χ2v) is 5.59. The van der Waals surface area contributed by atoms with Gasteiger partial charge in [0.2, 0.25) is 0 Å². The lowest BCUT2D eigenvalue weighted by Gasteiger charge is -2.06. The minimum atomic E-state index is -0.136. The molecule has 0 unspecified atom stereocenters. The predicted octanol–water partition coefficient (Wildman–Crippen LogP) is 4.02. The van der Waals surface area contributed by atoms with Crippen molar-refractivity contribution in [1.82, 2.24) is 5.32 Å². The van der Waals surface area contributed by atoms with E-state index in [0.29, 0.717) is 5.56 Å². The molecule has 0 heterocycles. The van der Waals surface area contributed by atoms with Gasteiger partial charge in [-0.2, -0.15) is 0 Å². The summed E-state index contributed by atoms with van der Waals surface area (Å²) in [6.07, 6.45) is 0. The maximum atomic E-state index is 13.1. The normalized spacial score (nSPS) is 10.6. The Morgan fingerprint density at radius 2 is 1.89 bits per heavy atom. The molecule has 2 aromatic carbocycles. The van der Waals surface area contributed by atoms with Crippen molar-refractivity contribution in [2.75, 3.05) is 12.3 Å². The van der Waals surface area contributed by atoms with Gasteiger partial charge in [-0.05, 0) is 36.2 Å². The Kier molecular flexibility index (Phi) is 5.43. The van der Waals surface area contributed by atoms with E-state index >= 15 is 0 Å². The van der Waals surface area contributed by atoms with Gasteiger partial charge in [-0.15, -0.1) is 11.8 Å². The van der Waals surface area contributed by atoms with Crippen LogP contribution in [0.15, 0.2) is 53.4 Å². The molecular weight excluding hydrogens is 257 g/mol. The van der Waals surface area contributed by atoms with E-state index in [9.17, 15) is 4.39 Å². The van der Waals surface area contributed by atoms with Crippen LogP contribution in [0.4, 0.5) is 4.39 Å². The third kappa shape index (κ3) is 4.69. The molecule has 0 aliphatic heterocycles. The van der Waals surface area contributed by atoms with Crippen LogP contribution >= 0.6 is 11.8 Å². The third-order valence-electron chi connectivity index (χ3n) is 2.84. The smallest absolute Gasteiger partial charge is 0.126 e. The summed E-state index contributed by atoms with van der Waals surface area (Å²) in [5.41, 5.74) is 1.83. The van der Waals surface area contributed by atoms with Gasteiger partial charge in [-0.25, -0.2) is 4.39 Å². The van der Waals surface area contributed by atoms with Crippen molar-refractivity contribution in [3.8, 4) is 0 Å². The van der Waals surface area contributed by atoms with Crippen molar-refractivity contribution < 1.29 is 4.39 Å². The van der Waals surface area contributed by atoms with E-state index in [2.05, 4.69) is 29.6 Å². The lowest BCUT2D eigenvalue weighted by molar-refractivity contribution is 0.616. The molecule has 19 heavy (non-hydrogen) atoms. The number of thioether (sulfide) groups is 1. The number of rotatable bonds is 6. The van der Waals surface area contributed by atoms with Gasteiger partial charge in [0.25, 0.3) is 0 Å². The Hall–Kier alpha value is -1.32. The van der Waals surface area contributed by atoms with Crippen LogP contribution in [-0.2, 0) is 6.54 Å². The molecular formula is C16H18FNS. The first-order chi connectivity index (χ1) is 9.25. The van der Waals surface area contributed by atoms with E-state index in [1.807, 2.05) is 30.0 Å². The second kappa shape index (κ2) is 7.31. The van der Waals surface area contributed by atoms with E-state index in [-0.39, 0.29) is 5.82 Å². The fourth-order valence-corrected chi connectivity index (χ4v) is 2.64. The van der Waals surface area contributed by atoms with Gasteiger partial charge >= 0.3 is 0 Å². The van der Waals surface area contributed by atoms with E-state index in [0.717, 1.165) is 24.4 Å². The SMILES string of the molecule is Cc1cc(CNCCSc2ccccc2)ccc1F. The number of halogens is 1. The molecule has 100 valence electrons. The highest BCUT2D eigenvalue weighted by molar-refractivity contribution is 7.99. The zero-order valence-electron chi connectivity index (χ0n) is 11.0. The topological polar surface area (TPSA) is 12.0 Å². The van der Waals surface area contributed by atoms with Gasteiger partial charge in [0.1, 0.15) is 5.82 Å². The molecule has 0 saturated heterocycles. The molecule has 0 aliphatic carbocycles. The largest absolute Gasteiger partial charge is 0.312 e. The Balaban J connectivity index is 1.68. The summed E-state index contributed by atoms with van der Waals surface area (Å²) in [5, 5.41) is 3.38. The highest BCUT2D eigenvalue weighted by Crippen LogP contribution is 2.15. The Morgan fingerprint density at radius 1 is 1.11 bits per heavy atom. The van der Waals surface area contributed by atoms with Gasteiger partial charge in [-0.1, -0.05) is 30.3 Å². The molecule has 0 aromatic heterocycles. The van der Waals surface area contributed by atoms with E-state index < -0.39 is 0 Å². The molecule has 1 N–H and O–H groups in total. The quantitative estimate of drug-likeness (QED) is 0.631. The van der Waals surface area contributed by atoms with Gasteiger partial charge in [0.15, 0.2) is 0 Å². The summed E-state index contributed by atoms with van der Waals surface area (Å²) in [4.78, 5) is 1.29. The average Bonchev–Trinajstić information content (AvgIpc) is 2.43. The maximum absolute atomic E-state index is 13.1. The first-order valence-electron chi connectivity index (χ1n) is 6.39. The van der Waals surface area contributed by atoms with Crippen molar-refractivity contribution in [3.63, 3.8) is 0 Å². The first kappa shape index (κ1) is 14.1. The maximum Gasteiger partial charge on any atom is 0.126 e. The zero-order chi connectivity index (χ0) is 13.5. The van der Waals surface area contributed by atoms with Gasteiger partial charge in [0, 0.05) is 23.7 Å². The highest BCUT2D eigenvalue weighted by atomic mass is 32.2. The number of hydrogen-bond donors (Lipinski definition) is 1. The van der Waals surface area contributed by atoms with Crippen molar-refractivity contribution in [1.29, 1.82) is 0 Å². The van der Waals surface area contributed by atoms with Crippen molar-refractivity contribution in [2.45, 2.75) is 18.4 Å². The third-order valence-corrected chi connectivity index (χ3v) is 3.86. The van der Waals surface area contributed by atoms with Crippen LogP contribution in [0.3, 0.4) is 0 Å². The van der Waals surface area contributed by atoms with Crippen molar-refractivity contribution >= 4 is 11.8 Å². The number of aryl methyl sites for hydroxylation is 1. The Bertz CT molecular complexity index is 513. The highest BCUT2D eigenvalue weighted by Gasteiger charge is 1.99. The molecule has 0 bridgehead atoms. The van der Waals surface area contributed by atoms with E-state index in [1.165, 1.54) is 11.0 Å². The monoisotopic (exact) mass is 275 g/mol. The van der Waals surface area contributed by atoms with Crippen LogP contribution in [0.2, 0.25) is 0 Å². The van der Waals surface area contributed by atoms with Crippen LogP contribution in [0, 0.1) is 12.7 Å². The molecule has 0 radical (unpaired) electrons. The Labute approximate surface area is 118 Å².